The van der Waals surface area contributed by atoms with Gasteiger partial charge in [0.05, 0.1) is 11.5 Å². The van der Waals surface area contributed by atoms with Gasteiger partial charge in [-0.25, -0.2) is 0 Å². The summed E-state index contributed by atoms with van der Waals surface area (Å²) in [4.78, 5) is 47.5. The molecule has 9 nitrogen and oxygen atoms in total. The molecule has 0 heterocycles. The first kappa shape index (κ1) is 21.5. The highest BCUT2D eigenvalue weighted by molar-refractivity contribution is 5.95. The molecule has 2 rings (SSSR count). The van der Waals surface area contributed by atoms with E-state index in [1.165, 1.54) is 36.2 Å². The minimum absolute atomic E-state index is 0.0209. The van der Waals surface area contributed by atoms with E-state index < -0.39 is 10.8 Å². The summed E-state index contributed by atoms with van der Waals surface area (Å²) >= 11 is 0. The molecule has 0 unspecified atom stereocenters. The van der Waals surface area contributed by atoms with Crippen molar-refractivity contribution in [3.05, 3.63) is 69.8 Å². The van der Waals surface area contributed by atoms with Crippen molar-refractivity contribution in [1.29, 1.82) is 0 Å². The lowest BCUT2D eigenvalue weighted by Gasteiger charge is -2.17. The van der Waals surface area contributed by atoms with Crippen LogP contribution in [0.25, 0.3) is 0 Å². The van der Waals surface area contributed by atoms with Gasteiger partial charge in [-0.15, -0.1) is 0 Å². The first-order chi connectivity index (χ1) is 13.8. The number of benzene rings is 2. The second kappa shape index (κ2) is 9.98. The number of nitrogens with one attached hydrogen (secondary N) is 2. The Kier molecular flexibility index (Phi) is 7.41. The van der Waals surface area contributed by atoms with Crippen molar-refractivity contribution in [1.82, 2.24) is 10.2 Å². The molecular formula is C20H22N4O5. The molecule has 0 spiro atoms. The number of anilines is 1. The number of amides is 3. The molecular weight excluding hydrogens is 376 g/mol. The maximum absolute atomic E-state index is 12.1. The molecule has 0 fully saturated rings. The fraction of sp³-hybridized carbons (Fsp3) is 0.250. The Balaban J connectivity index is 1.74. The molecule has 0 aromatic heterocycles. The molecule has 0 saturated carbocycles. The van der Waals surface area contributed by atoms with E-state index in [4.69, 9.17) is 0 Å². The Morgan fingerprint density at radius 1 is 1.03 bits per heavy atom. The fourth-order valence-electron chi connectivity index (χ4n) is 2.45. The topological polar surface area (TPSA) is 122 Å². The van der Waals surface area contributed by atoms with E-state index in [1.54, 1.807) is 12.1 Å². The first-order valence-electron chi connectivity index (χ1n) is 8.89. The third-order valence-electron chi connectivity index (χ3n) is 4.11. The van der Waals surface area contributed by atoms with Crippen molar-refractivity contribution in [2.45, 2.75) is 13.3 Å². The van der Waals surface area contributed by atoms with Crippen molar-refractivity contribution < 1.29 is 19.3 Å². The van der Waals surface area contributed by atoms with Gasteiger partial charge in [0.15, 0.2) is 0 Å². The SMILES string of the molecule is Cc1ccc(NC(=O)CN(C)C(=O)CCNC(=O)c2ccc([N+](=O)[O-])cc2)cc1. The molecule has 0 aliphatic carbocycles. The Morgan fingerprint density at radius 2 is 1.66 bits per heavy atom. The molecule has 0 bridgehead atoms. The number of carbonyl (C=O) groups is 3. The van der Waals surface area contributed by atoms with Crippen molar-refractivity contribution in [2.24, 2.45) is 0 Å². The number of hydrogen-bond acceptors (Lipinski definition) is 5. The largest absolute Gasteiger partial charge is 0.352 e. The summed E-state index contributed by atoms with van der Waals surface area (Å²) in [5.41, 5.74) is 1.87. The van der Waals surface area contributed by atoms with Crippen LogP contribution in [0.1, 0.15) is 22.3 Å². The minimum Gasteiger partial charge on any atom is -0.352 e. The van der Waals surface area contributed by atoms with Crippen molar-refractivity contribution in [3.63, 3.8) is 0 Å². The normalized spacial score (nSPS) is 10.1. The van der Waals surface area contributed by atoms with E-state index in [1.807, 2.05) is 19.1 Å². The summed E-state index contributed by atoms with van der Waals surface area (Å²) in [6.07, 6.45) is 0.0209. The quantitative estimate of drug-likeness (QED) is 0.521. The zero-order valence-corrected chi connectivity index (χ0v) is 16.2. The zero-order chi connectivity index (χ0) is 21.4. The highest BCUT2D eigenvalue weighted by atomic mass is 16.6. The van der Waals surface area contributed by atoms with Crippen LogP contribution in [-0.4, -0.2) is 47.7 Å². The third kappa shape index (κ3) is 6.73. The molecule has 9 heteroatoms. The number of hydrogen-bond donors (Lipinski definition) is 2. The molecule has 0 atom stereocenters. The van der Waals surface area contributed by atoms with Gasteiger partial charge >= 0.3 is 0 Å². The lowest BCUT2D eigenvalue weighted by molar-refractivity contribution is -0.384. The van der Waals surface area contributed by atoms with Crippen LogP contribution < -0.4 is 10.6 Å². The fourth-order valence-corrected chi connectivity index (χ4v) is 2.45. The zero-order valence-electron chi connectivity index (χ0n) is 16.2. The van der Waals surface area contributed by atoms with Crippen LogP contribution in [0.5, 0.6) is 0 Å². The molecule has 0 aliphatic rings. The average Bonchev–Trinajstić information content (AvgIpc) is 2.69. The number of likely N-dealkylation sites (N-methyl/N-ethyl adjacent to an activating group) is 1. The van der Waals surface area contributed by atoms with Gasteiger partial charge in [-0.2, -0.15) is 0 Å². The lowest BCUT2D eigenvalue weighted by Crippen LogP contribution is -2.37. The van der Waals surface area contributed by atoms with Gasteiger partial charge in [-0.05, 0) is 31.2 Å². The Hall–Kier alpha value is -3.75. The van der Waals surface area contributed by atoms with Crippen LogP contribution in [0, 0.1) is 17.0 Å². The van der Waals surface area contributed by atoms with Gasteiger partial charge in [0, 0.05) is 43.4 Å². The number of nitro groups is 1. The van der Waals surface area contributed by atoms with Gasteiger partial charge in [0.2, 0.25) is 11.8 Å². The molecule has 2 N–H and O–H groups in total. The molecule has 3 amide bonds. The molecule has 0 saturated heterocycles. The molecule has 0 aliphatic heterocycles. The van der Waals surface area contributed by atoms with Crippen LogP contribution in [-0.2, 0) is 9.59 Å². The van der Waals surface area contributed by atoms with Gasteiger partial charge in [-0.3, -0.25) is 24.5 Å². The standard InChI is InChI=1S/C20H22N4O5/c1-14-3-7-16(8-4-14)22-18(25)13-23(2)19(26)11-12-21-20(27)15-5-9-17(10-6-15)24(28)29/h3-10H,11-13H2,1-2H3,(H,21,27)(H,22,25). The highest BCUT2D eigenvalue weighted by Crippen LogP contribution is 2.12. The molecule has 152 valence electrons. The van der Waals surface area contributed by atoms with E-state index >= 15 is 0 Å². The highest BCUT2D eigenvalue weighted by Gasteiger charge is 2.14. The number of nitro benzene ring substituents is 1. The minimum atomic E-state index is -0.550. The summed E-state index contributed by atoms with van der Waals surface area (Å²) in [5, 5.41) is 15.9. The summed E-state index contributed by atoms with van der Waals surface area (Å²) in [5.74, 6) is -1.06. The smallest absolute Gasteiger partial charge is 0.269 e. The second-order valence-electron chi connectivity index (χ2n) is 6.47. The number of non-ortho nitro benzene ring substituents is 1. The van der Waals surface area contributed by atoms with Crippen molar-refractivity contribution in [2.75, 3.05) is 25.5 Å². The van der Waals surface area contributed by atoms with Crippen LogP contribution in [0.4, 0.5) is 11.4 Å². The maximum Gasteiger partial charge on any atom is 0.269 e. The predicted molar refractivity (Wildman–Crippen MR) is 107 cm³/mol. The maximum atomic E-state index is 12.1. The summed E-state index contributed by atoms with van der Waals surface area (Å²) in [6, 6.07) is 12.5. The number of nitrogens with zero attached hydrogens (tertiary/aromatic N) is 2. The summed E-state index contributed by atoms with van der Waals surface area (Å²) < 4.78 is 0. The summed E-state index contributed by atoms with van der Waals surface area (Å²) in [6.45, 7) is 1.92. The van der Waals surface area contributed by atoms with Crippen LogP contribution >= 0.6 is 0 Å². The van der Waals surface area contributed by atoms with Crippen molar-refractivity contribution in [3.8, 4) is 0 Å². The molecule has 2 aromatic rings. The van der Waals surface area contributed by atoms with Crippen molar-refractivity contribution >= 4 is 29.1 Å². The van der Waals surface area contributed by atoms with Crippen LogP contribution in [0.2, 0.25) is 0 Å². The summed E-state index contributed by atoms with van der Waals surface area (Å²) in [7, 11) is 1.51. The molecule has 29 heavy (non-hydrogen) atoms. The van der Waals surface area contributed by atoms with E-state index in [0.717, 1.165) is 5.56 Å². The molecule has 0 radical (unpaired) electrons. The van der Waals surface area contributed by atoms with Gasteiger partial charge in [0.25, 0.3) is 11.6 Å². The van der Waals surface area contributed by atoms with E-state index in [2.05, 4.69) is 10.6 Å². The molecule has 2 aromatic carbocycles. The predicted octanol–water partition coefficient (Wildman–Crippen LogP) is 2.12. The number of carbonyl (C=O) groups excluding carboxylic acids is 3. The first-order valence-corrected chi connectivity index (χ1v) is 8.89. The monoisotopic (exact) mass is 398 g/mol. The van der Waals surface area contributed by atoms with E-state index in [0.29, 0.717) is 5.69 Å². The van der Waals surface area contributed by atoms with Gasteiger partial charge in [-0.1, -0.05) is 17.7 Å². The van der Waals surface area contributed by atoms with E-state index in [9.17, 15) is 24.5 Å². The Morgan fingerprint density at radius 3 is 2.24 bits per heavy atom. The van der Waals surface area contributed by atoms with Gasteiger partial charge in [0.1, 0.15) is 0 Å². The van der Waals surface area contributed by atoms with Crippen LogP contribution in [0.3, 0.4) is 0 Å². The lowest BCUT2D eigenvalue weighted by atomic mass is 10.2. The Bertz CT molecular complexity index is 894. The number of rotatable bonds is 8. The number of aryl methyl sites for hydroxylation is 1. The Labute approximate surface area is 167 Å². The van der Waals surface area contributed by atoms with Crippen LogP contribution in [0.15, 0.2) is 48.5 Å². The third-order valence-corrected chi connectivity index (χ3v) is 4.11. The van der Waals surface area contributed by atoms with Gasteiger partial charge < -0.3 is 15.5 Å². The van der Waals surface area contributed by atoms with E-state index in [-0.39, 0.29) is 42.6 Å². The average molecular weight is 398 g/mol. The second-order valence-corrected chi connectivity index (χ2v) is 6.47.